The SMILES string of the molecule is CSSc1ccc(C(=O)NCc2ccc3[nH]ccc3c2)c2cccnc12. The standard InChI is InChI=1S/C20H17N3OS2/c1-25-26-18-7-5-16(15-3-2-9-22-19(15)18)20(24)23-12-13-4-6-17-14(11-13)8-10-21-17/h2-11,21H,12H2,1H3,(H,23,24). The number of H-pyrrole nitrogens is 1. The highest BCUT2D eigenvalue weighted by Crippen LogP contribution is 2.34. The molecule has 0 unspecified atom stereocenters. The molecule has 0 aliphatic heterocycles. The third-order valence-corrected chi connectivity index (χ3v) is 5.94. The highest BCUT2D eigenvalue weighted by molar-refractivity contribution is 8.76. The van der Waals surface area contributed by atoms with Crippen molar-refractivity contribution in [3.05, 3.63) is 72.1 Å². The molecule has 0 saturated heterocycles. The minimum atomic E-state index is -0.0853. The van der Waals surface area contributed by atoms with Gasteiger partial charge in [0, 0.05) is 40.3 Å². The molecule has 0 fully saturated rings. The van der Waals surface area contributed by atoms with E-state index in [1.54, 1.807) is 27.8 Å². The van der Waals surface area contributed by atoms with Gasteiger partial charge in [0.05, 0.1) is 5.52 Å². The zero-order valence-corrected chi connectivity index (χ0v) is 15.8. The maximum atomic E-state index is 12.8. The van der Waals surface area contributed by atoms with E-state index in [9.17, 15) is 4.79 Å². The average Bonchev–Trinajstić information content (AvgIpc) is 3.14. The predicted octanol–water partition coefficient (Wildman–Crippen LogP) is 5.02. The van der Waals surface area contributed by atoms with Gasteiger partial charge in [-0.3, -0.25) is 9.78 Å². The number of benzene rings is 2. The van der Waals surface area contributed by atoms with Crippen LogP contribution in [0.4, 0.5) is 0 Å². The third-order valence-electron chi connectivity index (χ3n) is 4.22. The Hall–Kier alpha value is -2.44. The van der Waals surface area contributed by atoms with E-state index >= 15 is 0 Å². The summed E-state index contributed by atoms with van der Waals surface area (Å²) in [7, 11) is 3.32. The van der Waals surface area contributed by atoms with Crippen molar-refractivity contribution in [1.82, 2.24) is 15.3 Å². The van der Waals surface area contributed by atoms with Crippen LogP contribution in [-0.2, 0) is 6.54 Å². The number of nitrogens with zero attached hydrogens (tertiary/aromatic N) is 1. The molecule has 2 heterocycles. The van der Waals surface area contributed by atoms with Crippen LogP contribution in [0.3, 0.4) is 0 Å². The summed E-state index contributed by atoms with van der Waals surface area (Å²) in [5, 5.41) is 5.05. The minimum Gasteiger partial charge on any atom is -0.361 e. The Morgan fingerprint density at radius 3 is 3.00 bits per heavy atom. The van der Waals surface area contributed by atoms with Crippen molar-refractivity contribution in [3.8, 4) is 0 Å². The molecule has 4 nitrogen and oxygen atoms in total. The molecule has 0 spiro atoms. The van der Waals surface area contributed by atoms with Gasteiger partial charge in [-0.05, 0) is 53.6 Å². The normalized spacial score (nSPS) is 11.1. The molecule has 6 heteroatoms. The molecule has 0 aliphatic rings. The number of nitrogens with one attached hydrogen (secondary N) is 2. The van der Waals surface area contributed by atoms with E-state index in [0.29, 0.717) is 12.1 Å². The summed E-state index contributed by atoms with van der Waals surface area (Å²) in [6.45, 7) is 0.489. The van der Waals surface area contributed by atoms with E-state index in [-0.39, 0.29) is 5.91 Å². The number of rotatable bonds is 5. The van der Waals surface area contributed by atoms with Gasteiger partial charge in [0.15, 0.2) is 0 Å². The van der Waals surface area contributed by atoms with Crippen LogP contribution in [0, 0.1) is 0 Å². The van der Waals surface area contributed by atoms with Gasteiger partial charge in [-0.1, -0.05) is 33.7 Å². The number of carbonyl (C=O) groups excluding carboxylic acids is 1. The summed E-state index contributed by atoms with van der Waals surface area (Å²) >= 11 is 0. The fraction of sp³-hybridized carbons (Fsp3) is 0.100. The summed E-state index contributed by atoms with van der Waals surface area (Å²) < 4.78 is 0. The fourth-order valence-corrected chi connectivity index (χ4v) is 4.48. The molecule has 0 radical (unpaired) electrons. The van der Waals surface area contributed by atoms with Crippen molar-refractivity contribution in [3.63, 3.8) is 0 Å². The molecule has 0 aliphatic carbocycles. The Morgan fingerprint density at radius 2 is 2.12 bits per heavy atom. The summed E-state index contributed by atoms with van der Waals surface area (Å²) in [6, 6.07) is 15.8. The van der Waals surface area contributed by atoms with Gasteiger partial charge in [0.1, 0.15) is 0 Å². The minimum absolute atomic E-state index is 0.0853. The van der Waals surface area contributed by atoms with Crippen molar-refractivity contribution in [2.45, 2.75) is 11.4 Å². The van der Waals surface area contributed by atoms with Gasteiger partial charge in [-0.2, -0.15) is 0 Å². The number of pyridine rings is 1. The first-order valence-electron chi connectivity index (χ1n) is 8.19. The van der Waals surface area contributed by atoms with Gasteiger partial charge >= 0.3 is 0 Å². The number of carbonyl (C=O) groups is 1. The molecular formula is C20H17N3OS2. The highest BCUT2D eigenvalue weighted by Gasteiger charge is 2.13. The van der Waals surface area contributed by atoms with E-state index < -0.39 is 0 Å². The van der Waals surface area contributed by atoms with Crippen LogP contribution in [0.1, 0.15) is 15.9 Å². The summed E-state index contributed by atoms with van der Waals surface area (Å²) in [6.07, 6.45) is 5.71. The number of aromatic nitrogens is 2. The van der Waals surface area contributed by atoms with Crippen LogP contribution < -0.4 is 5.32 Å². The molecule has 130 valence electrons. The topological polar surface area (TPSA) is 57.8 Å². The molecule has 0 saturated carbocycles. The molecular weight excluding hydrogens is 362 g/mol. The van der Waals surface area contributed by atoms with E-state index in [1.807, 2.05) is 54.9 Å². The lowest BCUT2D eigenvalue weighted by Gasteiger charge is -2.10. The van der Waals surface area contributed by atoms with Crippen LogP contribution >= 0.6 is 21.6 Å². The smallest absolute Gasteiger partial charge is 0.252 e. The van der Waals surface area contributed by atoms with E-state index in [4.69, 9.17) is 0 Å². The van der Waals surface area contributed by atoms with Crippen molar-refractivity contribution in [2.24, 2.45) is 0 Å². The second-order valence-corrected chi connectivity index (χ2v) is 8.28. The largest absolute Gasteiger partial charge is 0.361 e. The van der Waals surface area contributed by atoms with Crippen LogP contribution in [0.2, 0.25) is 0 Å². The Balaban J connectivity index is 1.58. The Labute approximate surface area is 159 Å². The predicted molar refractivity (Wildman–Crippen MR) is 111 cm³/mol. The van der Waals surface area contributed by atoms with Gasteiger partial charge < -0.3 is 10.3 Å². The fourth-order valence-electron chi connectivity index (χ4n) is 2.99. The maximum Gasteiger partial charge on any atom is 0.252 e. The van der Waals surface area contributed by atoms with E-state index in [0.717, 1.165) is 32.3 Å². The maximum absolute atomic E-state index is 12.8. The highest BCUT2D eigenvalue weighted by atomic mass is 33.1. The second kappa shape index (κ2) is 7.43. The Bertz CT molecular complexity index is 1090. The average molecular weight is 380 g/mol. The number of aromatic amines is 1. The zero-order chi connectivity index (χ0) is 17.9. The first-order valence-corrected chi connectivity index (χ1v) is 10.7. The van der Waals surface area contributed by atoms with Crippen molar-refractivity contribution in [2.75, 3.05) is 6.26 Å². The van der Waals surface area contributed by atoms with Crippen molar-refractivity contribution >= 4 is 49.3 Å². The van der Waals surface area contributed by atoms with Gasteiger partial charge in [-0.15, -0.1) is 0 Å². The molecule has 2 aromatic heterocycles. The summed E-state index contributed by atoms with van der Waals surface area (Å²) in [5.74, 6) is -0.0853. The zero-order valence-electron chi connectivity index (χ0n) is 14.2. The van der Waals surface area contributed by atoms with Crippen LogP contribution in [-0.4, -0.2) is 22.1 Å². The number of fused-ring (bicyclic) bond motifs is 2. The summed E-state index contributed by atoms with van der Waals surface area (Å²) in [5.41, 5.74) is 3.69. The van der Waals surface area contributed by atoms with Gasteiger partial charge in [0.2, 0.25) is 0 Å². The first kappa shape index (κ1) is 17.0. The molecule has 1 amide bonds. The third kappa shape index (κ3) is 3.30. The molecule has 4 aromatic rings. The van der Waals surface area contributed by atoms with Crippen molar-refractivity contribution in [1.29, 1.82) is 0 Å². The first-order chi connectivity index (χ1) is 12.8. The Morgan fingerprint density at radius 1 is 1.19 bits per heavy atom. The number of hydrogen-bond donors (Lipinski definition) is 2. The van der Waals surface area contributed by atoms with E-state index in [2.05, 4.69) is 21.4 Å². The van der Waals surface area contributed by atoms with Crippen LogP contribution in [0.5, 0.6) is 0 Å². The lowest BCUT2D eigenvalue weighted by Crippen LogP contribution is -2.23. The molecule has 4 rings (SSSR count). The summed E-state index contributed by atoms with van der Waals surface area (Å²) in [4.78, 5) is 21.5. The lowest BCUT2D eigenvalue weighted by molar-refractivity contribution is 0.0952. The molecule has 26 heavy (non-hydrogen) atoms. The van der Waals surface area contributed by atoms with Crippen LogP contribution in [0.15, 0.2) is 65.8 Å². The second-order valence-electron chi connectivity index (χ2n) is 5.84. The van der Waals surface area contributed by atoms with Crippen LogP contribution in [0.25, 0.3) is 21.8 Å². The molecule has 2 aromatic carbocycles. The van der Waals surface area contributed by atoms with E-state index in [1.165, 1.54) is 0 Å². The quantitative estimate of drug-likeness (QED) is 0.478. The monoisotopic (exact) mass is 379 g/mol. The lowest BCUT2D eigenvalue weighted by atomic mass is 10.1. The molecule has 0 bridgehead atoms. The number of amides is 1. The van der Waals surface area contributed by atoms with Crippen molar-refractivity contribution < 1.29 is 4.79 Å². The van der Waals surface area contributed by atoms with Gasteiger partial charge in [-0.25, -0.2) is 0 Å². The number of hydrogen-bond acceptors (Lipinski definition) is 4. The van der Waals surface area contributed by atoms with Gasteiger partial charge in [0.25, 0.3) is 5.91 Å². The Kier molecular flexibility index (Phi) is 4.86. The molecule has 2 N–H and O–H groups in total. The molecule has 0 atom stereocenters.